The van der Waals surface area contributed by atoms with Crippen molar-refractivity contribution in [3.63, 3.8) is 0 Å². The third-order valence-electron chi connectivity index (χ3n) is 3.71. The standard InChI is InChI=1S/C17H11FN2O4S/c1-10(11-2-6-14(7-3-11)20(23)24)15-16(21)19(17(22)25-15)13-8-4-12(18)5-9-13/h2-9H,1H3/b15-10-. The Morgan fingerprint density at radius 2 is 1.68 bits per heavy atom. The molecule has 0 saturated carbocycles. The highest BCUT2D eigenvalue weighted by molar-refractivity contribution is 8.19. The number of amides is 2. The fourth-order valence-electron chi connectivity index (χ4n) is 2.38. The second kappa shape index (κ2) is 6.48. The summed E-state index contributed by atoms with van der Waals surface area (Å²) < 4.78 is 13.0. The molecule has 6 nitrogen and oxygen atoms in total. The quantitative estimate of drug-likeness (QED) is 0.462. The lowest BCUT2D eigenvalue weighted by atomic mass is 10.1. The first-order chi connectivity index (χ1) is 11.9. The van der Waals surface area contributed by atoms with Gasteiger partial charge in [-0.15, -0.1) is 0 Å². The second-order valence-electron chi connectivity index (χ2n) is 5.24. The van der Waals surface area contributed by atoms with E-state index in [0.717, 1.165) is 16.7 Å². The number of carbonyl (C=O) groups is 2. The van der Waals surface area contributed by atoms with E-state index in [4.69, 9.17) is 0 Å². The van der Waals surface area contributed by atoms with Crippen molar-refractivity contribution in [3.05, 3.63) is 74.9 Å². The molecule has 2 aromatic carbocycles. The summed E-state index contributed by atoms with van der Waals surface area (Å²) in [7, 11) is 0. The van der Waals surface area contributed by atoms with Crippen LogP contribution in [0.3, 0.4) is 0 Å². The number of benzene rings is 2. The summed E-state index contributed by atoms with van der Waals surface area (Å²) >= 11 is 0.784. The Morgan fingerprint density at radius 1 is 1.08 bits per heavy atom. The molecule has 0 aromatic heterocycles. The summed E-state index contributed by atoms with van der Waals surface area (Å²) in [6.45, 7) is 1.67. The van der Waals surface area contributed by atoms with Crippen molar-refractivity contribution in [1.29, 1.82) is 0 Å². The van der Waals surface area contributed by atoms with Gasteiger partial charge in [-0.05, 0) is 66.2 Å². The fraction of sp³-hybridized carbons (Fsp3) is 0.0588. The highest BCUT2D eigenvalue weighted by Crippen LogP contribution is 2.39. The average molecular weight is 358 g/mol. The fourth-order valence-corrected chi connectivity index (χ4v) is 3.28. The van der Waals surface area contributed by atoms with Crippen molar-refractivity contribution in [2.75, 3.05) is 4.90 Å². The number of carbonyl (C=O) groups excluding carboxylic acids is 2. The van der Waals surface area contributed by atoms with Crippen molar-refractivity contribution >= 4 is 39.9 Å². The summed E-state index contributed by atoms with van der Waals surface area (Å²) in [5, 5.41) is 10.2. The molecule has 1 saturated heterocycles. The number of thioether (sulfide) groups is 1. The Kier molecular flexibility index (Phi) is 4.37. The second-order valence-corrected chi connectivity index (χ2v) is 6.20. The molecule has 0 N–H and O–H groups in total. The molecule has 3 rings (SSSR count). The van der Waals surface area contributed by atoms with Crippen LogP contribution >= 0.6 is 11.8 Å². The maximum atomic E-state index is 13.0. The van der Waals surface area contributed by atoms with Crippen LogP contribution in [-0.2, 0) is 4.79 Å². The average Bonchev–Trinajstić information content (AvgIpc) is 2.90. The summed E-state index contributed by atoms with van der Waals surface area (Å²) in [5.41, 5.74) is 1.38. The lowest BCUT2D eigenvalue weighted by Crippen LogP contribution is -2.27. The van der Waals surface area contributed by atoms with Crippen LogP contribution < -0.4 is 4.90 Å². The van der Waals surface area contributed by atoms with Gasteiger partial charge in [-0.2, -0.15) is 0 Å². The molecule has 1 heterocycles. The third kappa shape index (κ3) is 3.16. The Bertz CT molecular complexity index is 907. The third-order valence-corrected chi connectivity index (χ3v) is 4.75. The Labute approximate surface area is 146 Å². The molecular formula is C17H11FN2O4S. The molecule has 1 aliphatic heterocycles. The summed E-state index contributed by atoms with van der Waals surface area (Å²) in [5.74, 6) is -0.967. The number of imide groups is 1. The molecule has 0 bridgehead atoms. The normalized spacial score (nSPS) is 16.3. The summed E-state index contributed by atoms with van der Waals surface area (Å²) in [4.78, 5) is 36.2. The van der Waals surface area contributed by atoms with Gasteiger partial charge < -0.3 is 0 Å². The van der Waals surface area contributed by atoms with Gasteiger partial charge >= 0.3 is 0 Å². The number of nitrogens with zero attached hydrogens (tertiary/aromatic N) is 2. The minimum absolute atomic E-state index is 0.0593. The first-order valence-corrected chi connectivity index (χ1v) is 7.97. The number of anilines is 1. The van der Waals surface area contributed by atoms with Gasteiger partial charge in [0.15, 0.2) is 0 Å². The zero-order valence-corrected chi connectivity index (χ0v) is 13.7. The van der Waals surface area contributed by atoms with Crippen LogP contribution in [0, 0.1) is 15.9 Å². The van der Waals surface area contributed by atoms with Gasteiger partial charge in [0.1, 0.15) is 5.82 Å². The van der Waals surface area contributed by atoms with E-state index in [1.165, 1.54) is 48.5 Å². The van der Waals surface area contributed by atoms with Crippen LogP contribution in [0.4, 0.5) is 20.6 Å². The van der Waals surface area contributed by atoms with Crippen LogP contribution in [0.15, 0.2) is 53.4 Å². The van der Waals surface area contributed by atoms with E-state index < -0.39 is 21.9 Å². The number of hydrogen-bond donors (Lipinski definition) is 0. The first-order valence-electron chi connectivity index (χ1n) is 7.16. The number of nitro benzene ring substituents is 1. The van der Waals surface area contributed by atoms with Gasteiger partial charge in [0.05, 0.1) is 15.5 Å². The maximum Gasteiger partial charge on any atom is 0.298 e. The SMILES string of the molecule is C/C(=C1/SC(=O)N(c2ccc(F)cc2)C1=O)c1ccc([N+](=O)[O-])cc1. The van der Waals surface area contributed by atoms with Crippen molar-refractivity contribution in [1.82, 2.24) is 0 Å². The Morgan fingerprint density at radius 3 is 2.24 bits per heavy atom. The monoisotopic (exact) mass is 358 g/mol. The molecule has 8 heteroatoms. The van der Waals surface area contributed by atoms with Crippen LogP contribution in [0.2, 0.25) is 0 Å². The van der Waals surface area contributed by atoms with Crippen LogP contribution in [0.25, 0.3) is 5.57 Å². The predicted molar refractivity (Wildman–Crippen MR) is 92.6 cm³/mol. The minimum Gasteiger partial charge on any atom is -0.268 e. The van der Waals surface area contributed by atoms with Crippen molar-refractivity contribution in [2.45, 2.75) is 6.92 Å². The number of halogens is 1. The zero-order chi connectivity index (χ0) is 18.1. The molecule has 0 radical (unpaired) electrons. The van der Waals surface area contributed by atoms with Crippen LogP contribution in [-0.4, -0.2) is 16.1 Å². The minimum atomic E-state index is -0.512. The molecule has 0 aliphatic carbocycles. The van der Waals surface area contributed by atoms with E-state index in [-0.39, 0.29) is 16.3 Å². The molecule has 25 heavy (non-hydrogen) atoms. The zero-order valence-electron chi connectivity index (χ0n) is 12.9. The summed E-state index contributed by atoms with van der Waals surface area (Å²) in [6.07, 6.45) is 0. The first kappa shape index (κ1) is 16.8. The number of rotatable bonds is 3. The largest absolute Gasteiger partial charge is 0.298 e. The van der Waals surface area contributed by atoms with Crippen LogP contribution in [0.5, 0.6) is 0 Å². The number of nitro groups is 1. The number of non-ortho nitro benzene ring substituents is 1. The molecular weight excluding hydrogens is 347 g/mol. The predicted octanol–water partition coefficient (Wildman–Crippen LogP) is 4.36. The molecule has 1 fully saturated rings. The topological polar surface area (TPSA) is 80.5 Å². The van der Waals surface area contributed by atoms with Gasteiger partial charge in [0.25, 0.3) is 16.8 Å². The van der Waals surface area contributed by atoms with E-state index in [9.17, 15) is 24.1 Å². The van der Waals surface area contributed by atoms with Gasteiger partial charge in [-0.25, -0.2) is 9.29 Å². The Balaban J connectivity index is 1.95. The highest BCUT2D eigenvalue weighted by atomic mass is 32.2. The lowest BCUT2D eigenvalue weighted by molar-refractivity contribution is -0.384. The van der Waals surface area contributed by atoms with E-state index in [1.54, 1.807) is 6.92 Å². The van der Waals surface area contributed by atoms with E-state index in [1.807, 2.05) is 0 Å². The van der Waals surface area contributed by atoms with Crippen LogP contribution in [0.1, 0.15) is 12.5 Å². The van der Waals surface area contributed by atoms with Crippen molar-refractivity contribution < 1.29 is 18.9 Å². The smallest absolute Gasteiger partial charge is 0.268 e. The van der Waals surface area contributed by atoms with E-state index in [2.05, 4.69) is 0 Å². The molecule has 2 amide bonds. The molecule has 0 spiro atoms. The van der Waals surface area contributed by atoms with Gasteiger partial charge in [0, 0.05) is 12.1 Å². The molecule has 0 unspecified atom stereocenters. The molecule has 2 aromatic rings. The lowest BCUT2D eigenvalue weighted by Gasteiger charge is -2.12. The van der Waals surface area contributed by atoms with Gasteiger partial charge in [0.2, 0.25) is 0 Å². The van der Waals surface area contributed by atoms with Crippen molar-refractivity contribution in [2.24, 2.45) is 0 Å². The van der Waals surface area contributed by atoms with E-state index >= 15 is 0 Å². The highest BCUT2D eigenvalue weighted by Gasteiger charge is 2.37. The van der Waals surface area contributed by atoms with E-state index in [0.29, 0.717) is 11.1 Å². The molecule has 1 aliphatic rings. The van der Waals surface area contributed by atoms with Gasteiger partial charge in [-0.3, -0.25) is 19.7 Å². The number of allylic oxidation sites excluding steroid dienone is 1. The number of hydrogen-bond acceptors (Lipinski definition) is 5. The molecule has 0 atom stereocenters. The maximum absolute atomic E-state index is 13.0. The summed E-state index contributed by atoms with van der Waals surface area (Å²) in [6, 6.07) is 10.8. The Hall–Kier alpha value is -3.00. The molecule has 126 valence electrons. The van der Waals surface area contributed by atoms with Crippen molar-refractivity contribution in [3.8, 4) is 0 Å². The van der Waals surface area contributed by atoms with Gasteiger partial charge in [-0.1, -0.05) is 0 Å².